The summed E-state index contributed by atoms with van der Waals surface area (Å²) >= 11 is 0.467. The summed E-state index contributed by atoms with van der Waals surface area (Å²) in [5.74, 6) is -1.85. The van der Waals surface area contributed by atoms with Crippen LogP contribution in [0.3, 0.4) is 0 Å². The molecule has 0 aliphatic rings. The highest BCUT2D eigenvalue weighted by Crippen LogP contribution is 2.34. The quantitative estimate of drug-likeness (QED) is 0.839. The number of rotatable bonds is 3. The molecule has 0 unspecified atom stereocenters. The van der Waals surface area contributed by atoms with Gasteiger partial charge >= 0.3 is 0 Å². The molecule has 2 rings (SSSR count). The fraction of sp³-hybridized carbons (Fsp3) is 0.100. The third kappa shape index (κ3) is 2.33. The normalized spacial score (nSPS) is 10.9. The van der Waals surface area contributed by atoms with Gasteiger partial charge in [0.15, 0.2) is 11.6 Å². The predicted molar refractivity (Wildman–Crippen MR) is 58.2 cm³/mol. The van der Waals surface area contributed by atoms with Gasteiger partial charge in [-0.15, -0.1) is 0 Å². The lowest BCUT2D eigenvalue weighted by atomic mass is 10.2. The Morgan fingerprint density at radius 2 is 2.06 bits per heavy atom. The van der Waals surface area contributed by atoms with Crippen molar-refractivity contribution in [3.8, 4) is 11.3 Å². The summed E-state index contributed by atoms with van der Waals surface area (Å²) < 4.78 is 29.6. The van der Waals surface area contributed by atoms with E-state index >= 15 is 0 Å². The van der Waals surface area contributed by atoms with Gasteiger partial charge in [0.2, 0.25) is 0 Å². The first kappa shape index (κ1) is 10.9. The van der Waals surface area contributed by atoms with Crippen molar-refractivity contribution in [3.63, 3.8) is 0 Å². The van der Waals surface area contributed by atoms with Gasteiger partial charge in [-0.2, -0.15) is 8.78 Å². The Kier molecular flexibility index (Phi) is 3.09. The van der Waals surface area contributed by atoms with Crippen LogP contribution in [0.5, 0.6) is 0 Å². The van der Waals surface area contributed by atoms with Crippen LogP contribution in [0.4, 0.5) is 14.6 Å². The Hall–Kier alpha value is -1.56. The van der Waals surface area contributed by atoms with Crippen molar-refractivity contribution in [2.24, 2.45) is 0 Å². The Balaban J connectivity index is 2.40. The first-order valence-electron chi connectivity index (χ1n) is 4.43. The van der Waals surface area contributed by atoms with E-state index in [-0.39, 0.29) is 5.82 Å². The Bertz CT molecular complexity index is 487. The second-order valence-electron chi connectivity index (χ2n) is 2.99. The fourth-order valence-corrected chi connectivity index (χ4v) is 1.93. The second-order valence-corrected chi connectivity index (χ2v) is 4.02. The van der Waals surface area contributed by atoms with Gasteiger partial charge in [0.1, 0.15) is 0 Å². The summed E-state index contributed by atoms with van der Waals surface area (Å²) in [5.41, 5.74) is 5.97. The minimum atomic E-state index is -2.47. The number of nitrogens with two attached hydrogens (primary N) is 1. The van der Waals surface area contributed by atoms with Crippen LogP contribution in [0.1, 0.15) is 0 Å². The number of anilines is 1. The first-order chi connectivity index (χ1) is 7.66. The molecule has 0 fully saturated rings. The van der Waals surface area contributed by atoms with E-state index in [0.717, 1.165) is 0 Å². The van der Waals surface area contributed by atoms with E-state index in [0.29, 0.717) is 28.0 Å². The first-order valence-corrected chi connectivity index (χ1v) is 5.31. The molecule has 1 aromatic carbocycles. The molecule has 0 atom stereocenters. The fourth-order valence-electron chi connectivity index (χ4n) is 1.28. The Labute approximate surface area is 94.6 Å². The number of nitrogens with zero attached hydrogens (tertiary/aromatic N) is 1. The molecule has 16 heavy (non-hydrogen) atoms. The summed E-state index contributed by atoms with van der Waals surface area (Å²) in [7, 11) is 0. The predicted octanol–water partition coefficient (Wildman–Crippen LogP) is 3.24. The van der Waals surface area contributed by atoms with Crippen LogP contribution < -0.4 is 5.73 Å². The molecule has 0 spiro atoms. The molecule has 0 radical (unpaired) electrons. The van der Waals surface area contributed by atoms with E-state index in [1.807, 2.05) is 0 Å². The molecule has 2 aromatic rings. The number of halogens is 2. The molecule has 1 aromatic heterocycles. The number of benzene rings is 1. The molecular weight excluding hydrogens is 234 g/mol. The summed E-state index contributed by atoms with van der Waals surface area (Å²) in [6.45, 7) is 0. The minimum Gasteiger partial charge on any atom is -0.381 e. The second kappa shape index (κ2) is 4.52. The molecular formula is C10H8F2N2OS. The van der Waals surface area contributed by atoms with Gasteiger partial charge in [0, 0.05) is 16.5 Å². The standard InChI is InChI=1S/C10H8F2N2OS/c11-10(12)16-8-4-2-1-3-6(8)7-5-9(13)14-15-7/h1-5,10H,(H2,13,14). The molecule has 84 valence electrons. The molecule has 6 heteroatoms. The summed E-state index contributed by atoms with van der Waals surface area (Å²) in [5, 5.41) is 3.52. The van der Waals surface area contributed by atoms with Gasteiger partial charge in [-0.1, -0.05) is 29.1 Å². The molecule has 2 N–H and O–H groups in total. The monoisotopic (exact) mass is 242 g/mol. The summed E-state index contributed by atoms with van der Waals surface area (Å²) in [6.07, 6.45) is 0. The number of nitrogen functional groups attached to an aromatic ring is 1. The molecule has 0 aliphatic heterocycles. The SMILES string of the molecule is Nc1cc(-c2ccccc2SC(F)F)on1. The minimum absolute atomic E-state index is 0.229. The zero-order valence-electron chi connectivity index (χ0n) is 8.06. The zero-order chi connectivity index (χ0) is 11.5. The maximum atomic E-state index is 12.3. The van der Waals surface area contributed by atoms with Crippen molar-refractivity contribution < 1.29 is 13.3 Å². The number of aromatic nitrogens is 1. The largest absolute Gasteiger partial charge is 0.381 e. The molecule has 0 bridgehead atoms. The zero-order valence-corrected chi connectivity index (χ0v) is 8.88. The maximum absolute atomic E-state index is 12.3. The van der Waals surface area contributed by atoms with E-state index < -0.39 is 5.76 Å². The van der Waals surface area contributed by atoms with E-state index in [4.69, 9.17) is 10.3 Å². The molecule has 0 saturated heterocycles. The molecule has 0 saturated carbocycles. The number of thioether (sulfide) groups is 1. The van der Waals surface area contributed by atoms with Crippen molar-refractivity contribution in [1.29, 1.82) is 0 Å². The Morgan fingerprint density at radius 1 is 1.31 bits per heavy atom. The van der Waals surface area contributed by atoms with Gasteiger partial charge in [0.05, 0.1) is 0 Å². The number of hydrogen-bond donors (Lipinski definition) is 1. The third-order valence-corrected chi connectivity index (χ3v) is 2.69. The van der Waals surface area contributed by atoms with Crippen molar-refractivity contribution in [1.82, 2.24) is 5.16 Å². The van der Waals surface area contributed by atoms with Crippen LogP contribution in [-0.2, 0) is 0 Å². The lowest BCUT2D eigenvalue weighted by Crippen LogP contribution is -1.85. The van der Waals surface area contributed by atoms with E-state index in [1.165, 1.54) is 6.07 Å². The lowest BCUT2D eigenvalue weighted by molar-refractivity contribution is 0.252. The van der Waals surface area contributed by atoms with Crippen LogP contribution in [0, 0.1) is 0 Å². The van der Waals surface area contributed by atoms with Crippen LogP contribution in [0.2, 0.25) is 0 Å². The van der Waals surface area contributed by atoms with Gasteiger partial charge in [-0.05, 0) is 12.1 Å². The van der Waals surface area contributed by atoms with Crippen molar-refractivity contribution in [3.05, 3.63) is 30.3 Å². The van der Waals surface area contributed by atoms with Gasteiger partial charge < -0.3 is 10.3 Å². The van der Waals surface area contributed by atoms with E-state index in [2.05, 4.69) is 5.16 Å². The van der Waals surface area contributed by atoms with Crippen molar-refractivity contribution in [2.75, 3.05) is 5.73 Å². The Morgan fingerprint density at radius 3 is 2.69 bits per heavy atom. The molecule has 3 nitrogen and oxygen atoms in total. The highest BCUT2D eigenvalue weighted by Gasteiger charge is 2.13. The van der Waals surface area contributed by atoms with E-state index in [1.54, 1.807) is 24.3 Å². The topological polar surface area (TPSA) is 52.0 Å². The van der Waals surface area contributed by atoms with Gasteiger partial charge in [-0.25, -0.2) is 0 Å². The van der Waals surface area contributed by atoms with Gasteiger partial charge in [0.25, 0.3) is 5.76 Å². The van der Waals surface area contributed by atoms with E-state index in [9.17, 15) is 8.78 Å². The highest BCUT2D eigenvalue weighted by atomic mass is 32.2. The molecule has 0 amide bonds. The number of alkyl halides is 2. The highest BCUT2D eigenvalue weighted by molar-refractivity contribution is 7.99. The molecule has 1 heterocycles. The summed E-state index contributed by atoms with van der Waals surface area (Å²) in [4.78, 5) is 0.439. The van der Waals surface area contributed by atoms with Crippen molar-refractivity contribution >= 4 is 17.6 Å². The molecule has 0 aliphatic carbocycles. The average Bonchev–Trinajstić information content (AvgIpc) is 2.65. The average molecular weight is 242 g/mol. The number of hydrogen-bond acceptors (Lipinski definition) is 4. The van der Waals surface area contributed by atoms with Crippen LogP contribution in [-0.4, -0.2) is 10.9 Å². The lowest BCUT2D eigenvalue weighted by Gasteiger charge is -2.04. The van der Waals surface area contributed by atoms with Crippen molar-refractivity contribution in [2.45, 2.75) is 10.7 Å². The smallest absolute Gasteiger partial charge is 0.288 e. The van der Waals surface area contributed by atoms with Gasteiger partial charge in [-0.3, -0.25) is 0 Å². The third-order valence-electron chi connectivity index (χ3n) is 1.90. The van der Waals surface area contributed by atoms with Crippen LogP contribution >= 0.6 is 11.8 Å². The van der Waals surface area contributed by atoms with Crippen LogP contribution in [0.15, 0.2) is 39.8 Å². The maximum Gasteiger partial charge on any atom is 0.288 e. The van der Waals surface area contributed by atoms with Crippen LogP contribution in [0.25, 0.3) is 11.3 Å². The summed E-state index contributed by atoms with van der Waals surface area (Å²) in [6, 6.07) is 8.22.